The Morgan fingerprint density at radius 3 is 3.18 bits per heavy atom. The molecule has 1 N–H and O–H groups in total. The van der Waals surface area contributed by atoms with E-state index in [1.54, 1.807) is 0 Å². The summed E-state index contributed by atoms with van der Waals surface area (Å²) in [5.41, 5.74) is 3.00. The molecule has 0 radical (unpaired) electrons. The fourth-order valence-corrected chi connectivity index (χ4v) is 2.48. The van der Waals surface area contributed by atoms with Gasteiger partial charge in [0.05, 0.1) is 12.9 Å². The lowest BCUT2D eigenvalue weighted by molar-refractivity contribution is 0.242. The average molecular weight is 231 g/mol. The first-order valence-corrected chi connectivity index (χ1v) is 6.45. The number of hydrogen-bond acceptors (Lipinski definition) is 2. The Morgan fingerprint density at radius 1 is 1.41 bits per heavy atom. The van der Waals surface area contributed by atoms with Crippen molar-refractivity contribution in [2.75, 3.05) is 13.2 Å². The molecule has 0 bridgehead atoms. The van der Waals surface area contributed by atoms with Crippen LogP contribution in [0.15, 0.2) is 37.1 Å². The van der Waals surface area contributed by atoms with E-state index in [1.165, 1.54) is 36.7 Å². The molecule has 0 fully saturated rings. The molecule has 1 aliphatic rings. The topological polar surface area (TPSA) is 21.3 Å². The smallest absolute Gasteiger partial charge is 0.0885 e. The van der Waals surface area contributed by atoms with Crippen LogP contribution in [0.3, 0.4) is 0 Å². The van der Waals surface area contributed by atoms with Crippen molar-refractivity contribution in [1.29, 1.82) is 0 Å². The second kappa shape index (κ2) is 6.45. The van der Waals surface area contributed by atoms with E-state index in [1.807, 2.05) is 0 Å². The Hall–Kier alpha value is -1.28. The average Bonchev–Trinajstić information content (AvgIpc) is 2.39. The molecule has 0 heterocycles. The maximum Gasteiger partial charge on any atom is 0.0885 e. The van der Waals surface area contributed by atoms with Gasteiger partial charge >= 0.3 is 0 Å². The van der Waals surface area contributed by atoms with E-state index in [0.717, 1.165) is 19.6 Å². The van der Waals surface area contributed by atoms with Crippen molar-refractivity contribution < 1.29 is 4.74 Å². The van der Waals surface area contributed by atoms with Gasteiger partial charge in [-0.3, -0.25) is 0 Å². The van der Waals surface area contributed by atoms with Crippen molar-refractivity contribution in [3.8, 4) is 0 Å². The highest BCUT2D eigenvalue weighted by molar-refractivity contribution is 5.32. The Labute approximate surface area is 104 Å². The number of aryl methyl sites for hydroxylation is 1. The summed E-state index contributed by atoms with van der Waals surface area (Å²) < 4.78 is 5.12. The lowest BCUT2D eigenvalue weighted by Gasteiger charge is -2.26. The SMILES string of the molecule is C=COCCCNC1CCCc2ccccc21. The summed E-state index contributed by atoms with van der Waals surface area (Å²) in [6, 6.07) is 9.32. The van der Waals surface area contributed by atoms with Gasteiger partial charge in [0.25, 0.3) is 0 Å². The van der Waals surface area contributed by atoms with E-state index in [0.29, 0.717) is 6.04 Å². The molecule has 92 valence electrons. The van der Waals surface area contributed by atoms with Crippen molar-refractivity contribution in [1.82, 2.24) is 5.32 Å². The molecule has 0 spiro atoms. The van der Waals surface area contributed by atoms with Crippen LogP contribution in [-0.4, -0.2) is 13.2 Å². The summed E-state index contributed by atoms with van der Waals surface area (Å²) in [4.78, 5) is 0. The van der Waals surface area contributed by atoms with Gasteiger partial charge in [0, 0.05) is 6.04 Å². The number of nitrogens with one attached hydrogen (secondary N) is 1. The van der Waals surface area contributed by atoms with E-state index >= 15 is 0 Å². The molecule has 0 aliphatic heterocycles. The normalized spacial score (nSPS) is 18.5. The number of ether oxygens (including phenoxy) is 1. The highest BCUT2D eigenvalue weighted by Crippen LogP contribution is 2.29. The molecule has 1 atom stereocenters. The third-order valence-electron chi connectivity index (χ3n) is 3.32. The Kier molecular flexibility index (Phi) is 4.63. The minimum absolute atomic E-state index is 0.531. The molecule has 0 saturated carbocycles. The third-order valence-corrected chi connectivity index (χ3v) is 3.32. The molecular weight excluding hydrogens is 210 g/mol. The molecule has 0 saturated heterocycles. The zero-order valence-electron chi connectivity index (χ0n) is 10.3. The van der Waals surface area contributed by atoms with Gasteiger partial charge in [-0.15, -0.1) is 0 Å². The first kappa shape index (κ1) is 12.2. The quantitative estimate of drug-likeness (QED) is 0.599. The molecule has 1 unspecified atom stereocenters. The van der Waals surface area contributed by atoms with Crippen molar-refractivity contribution in [2.24, 2.45) is 0 Å². The maximum atomic E-state index is 5.12. The molecule has 1 aliphatic carbocycles. The molecule has 0 amide bonds. The largest absolute Gasteiger partial charge is 0.502 e. The zero-order chi connectivity index (χ0) is 11.9. The Morgan fingerprint density at radius 2 is 2.29 bits per heavy atom. The van der Waals surface area contributed by atoms with Crippen LogP contribution >= 0.6 is 0 Å². The monoisotopic (exact) mass is 231 g/mol. The molecule has 2 heteroatoms. The molecule has 0 aromatic heterocycles. The van der Waals surface area contributed by atoms with Crippen LogP contribution in [0.2, 0.25) is 0 Å². The summed E-state index contributed by atoms with van der Waals surface area (Å²) in [5.74, 6) is 0. The van der Waals surface area contributed by atoms with Gasteiger partial charge in [0.2, 0.25) is 0 Å². The van der Waals surface area contributed by atoms with Gasteiger partial charge in [-0.1, -0.05) is 30.8 Å². The van der Waals surface area contributed by atoms with Gasteiger partial charge in [-0.2, -0.15) is 0 Å². The van der Waals surface area contributed by atoms with E-state index in [-0.39, 0.29) is 0 Å². The summed E-state index contributed by atoms with van der Waals surface area (Å²) in [6.45, 7) is 5.30. The molecule has 2 nitrogen and oxygen atoms in total. The van der Waals surface area contributed by atoms with E-state index in [2.05, 4.69) is 36.2 Å². The summed E-state index contributed by atoms with van der Waals surface area (Å²) >= 11 is 0. The zero-order valence-corrected chi connectivity index (χ0v) is 10.3. The van der Waals surface area contributed by atoms with Crippen molar-refractivity contribution >= 4 is 0 Å². The van der Waals surface area contributed by atoms with Crippen molar-refractivity contribution in [3.05, 3.63) is 48.2 Å². The Balaban J connectivity index is 1.84. The van der Waals surface area contributed by atoms with Crippen LogP contribution < -0.4 is 5.32 Å². The number of rotatable bonds is 6. The van der Waals surface area contributed by atoms with E-state index < -0.39 is 0 Å². The van der Waals surface area contributed by atoms with Crippen molar-refractivity contribution in [2.45, 2.75) is 31.7 Å². The fourth-order valence-electron chi connectivity index (χ4n) is 2.48. The van der Waals surface area contributed by atoms with Crippen LogP contribution in [0.4, 0.5) is 0 Å². The van der Waals surface area contributed by atoms with Crippen molar-refractivity contribution in [3.63, 3.8) is 0 Å². The van der Waals surface area contributed by atoms with Gasteiger partial charge in [0.1, 0.15) is 0 Å². The third kappa shape index (κ3) is 3.34. The molecule has 1 aromatic carbocycles. The van der Waals surface area contributed by atoms with Crippen LogP contribution in [0.1, 0.15) is 36.4 Å². The predicted molar refractivity (Wildman–Crippen MR) is 70.9 cm³/mol. The standard InChI is InChI=1S/C15H21NO/c1-2-17-12-6-11-16-15-10-5-8-13-7-3-4-9-14(13)15/h2-4,7,9,15-16H,1,5-6,8,10-12H2. The number of hydrogen-bond donors (Lipinski definition) is 1. The maximum absolute atomic E-state index is 5.12. The van der Waals surface area contributed by atoms with Gasteiger partial charge < -0.3 is 10.1 Å². The fraction of sp³-hybridized carbons (Fsp3) is 0.467. The lowest BCUT2D eigenvalue weighted by atomic mass is 9.88. The molecular formula is C15H21NO. The van der Waals surface area contributed by atoms with E-state index in [9.17, 15) is 0 Å². The van der Waals surface area contributed by atoms with Gasteiger partial charge in [-0.05, 0) is 43.4 Å². The first-order chi connectivity index (χ1) is 8.42. The molecule has 2 rings (SSSR count). The number of fused-ring (bicyclic) bond motifs is 1. The van der Waals surface area contributed by atoms with Crippen LogP contribution in [0, 0.1) is 0 Å². The van der Waals surface area contributed by atoms with Gasteiger partial charge in [0.15, 0.2) is 0 Å². The molecule has 17 heavy (non-hydrogen) atoms. The highest BCUT2D eigenvalue weighted by atomic mass is 16.5. The first-order valence-electron chi connectivity index (χ1n) is 6.45. The highest BCUT2D eigenvalue weighted by Gasteiger charge is 2.18. The minimum atomic E-state index is 0.531. The van der Waals surface area contributed by atoms with E-state index in [4.69, 9.17) is 4.74 Å². The van der Waals surface area contributed by atoms with Crippen LogP contribution in [0.5, 0.6) is 0 Å². The second-order valence-electron chi connectivity index (χ2n) is 4.49. The second-order valence-corrected chi connectivity index (χ2v) is 4.49. The van der Waals surface area contributed by atoms with Gasteiger partial charge in [-0.25, -0.2) is 0 Å². The Bertz CT molecular complexity index is 362. The summed E-state index contributed by atoms with van der Waals surface area (Å²) in [7, 11) is 0. The molecule has 1 aromatic rings. The number of benzene rings is 1. The summed E-state index contributed by atoms with van der Waals surface area (Å²) in [5, 5.41) is 3.62. The predicted octanol–water partition coefficient (Wildman–Crippen LogP) is 3.20. The van der Waals surface area contributed by atoms with Crippen LogP contribution in [-0.2, 0) is 11.2 Å². The minimum Gasteiger partial charge on any atom is -0.502 e. The lowest BCUT2D eigenvalue weighted by Crippen LogP contribution is -2.26. The van der Waals surface area contributed by atoms with Crippen LogP contribution in [0.25, 0.3) is 0 Å². The summed E-state index contributed by atoms with van der Waals surface area (Å²) in [6.07, 6.45) is 6.31.